The average Bonchev–Trinajstić information content (AvgIpc) is 2.97. The molecule has 0 saturated heterocycles. The third-order valence-corrected chi connectivity index (χ3v) is 4.99. The van der Waals surface area contributed by atoms with Gasteiger partial charge in [0.25, 0.3) is 0 Å². The molecule has 0 aliphatic rings. The van der Waals surface area contributed by atoms with Crippen molar-refractivity contribution >= 4 is 23.4 Å². The zero-order valence-electron chi connectivity index (χ0n) is 13.2. The minimum absolute atomic E-state index is 0.761. The van der Waals surface area contributed by atoms with E-state index in [1.165, 1.54) is 11.1 Å². The minimum atomic E-state index is 0.761. The van der Waals surface area contributed by atoms with Crippen LogP contribution in [0.25, 0.3) is 11.4 Å². The predicted molar refractivity (Wildman–Crippen MR) is 96.9 cm³/mol. The third kappa shape index (κ3) is 3.59. The van der Waals surface area contributed by atoms with Crippen molar-refractivity contribution < 1.29 is 0 Å². The van der Waals surface area contributed by atoms with Gasteiger partial charge in [0.05, 0.1) is 0 Å². The summed E-state index contributed by atoms with van der Waals surface area (Å²) in [6, 6.07) is 16.2. The molecule has 1 heterocycles. The van der Waals surface area contributed by atoms with Gasteiger partial charge in [0, 0.05) is 22.9 Å². The molecular weight excluding hydrogens is 326 g/mol. The Hall–Kier alpha value is -1.78. The Bertz CT molecular complexity index is 796. The van der Waals surface area contributed by atoms with Crippen LogP contribution < -0.4 is 0 Å². The Morgan fingerprint density at radius 3 is 2.48 bits per heavy atom. The van der Waals surface area contributed by atoms with E-state index < -0.39 is 0 Å². The summed E-state index contributed by atoms with van der Waals surface area (Å²) in [6.45, 7) is 5.07. The largest absolute Gasteiger partial charge is 0.302 e. The summed E-state index contributed by atoms with van der Waals surface area (Å²) < 4.78 is 2.17. The van der Waals surface area contributed by atoms with Crippen LogP contribution in [0.1, 0.15) is 18.1 Å². The van der Waals surface area contributed by atoms with E-state index in [1.807, 2.05) is 36.4 Å². The molecule has 118 valence electrons. The number of rotatable bonds is 5. The van der Waals surface area contributed by atoms with E-state index in [2.05, 4.69) is 40.7 Å². The van der Waals surface area contributed by atoms with Crippen molar-refractivity contribution in [1.82, 2.24) is 14.8 Å². The standard InChI is InChI=1S/C18H18ClN3S/c1-3-22-17(16-7-5-4-6-13(16)2)20-21-18(22)23-12-14-8-10-15(19)11-9-14/h4-11H,3,12H2,1-2H3. The molecule has 5 heteroatoms. The lowest BCUT2D eigenvalue weighted by atomic mass is 10.1. The molecule has 0 aliphatic heterocycles. The summed E-state index contributed by atoms with van der Waals surface area (Å²) in [7, 11) is 0. The smallest absolute Gasteiger partial charge is 0.191 e. The lowest BCUT2D eigenvalue weighted by Crippen LogP contribution is -2.00. The molecule has 0 amide bonds. The number of aryl methyl sites for hydroxylation is 1. The van der Waals surface area contributed by atoms with Crippen LogP contribution in [-0.4, -0.2) is 14.8 Å². The van der Waals surface area contributed by atoms with Crippen LogP contribution in [0.3, 0.4) is 0 Å². The zero-order chi connectivity index (χ0) is 16.2. The van der Waals surface area contributed by atoms with Gasteiger partial charge in [-0.15, -0.1) is 10.2 Å². The van der Waals surface area contributed by atoms with Crippen molar-refractivity contribution in [3.63, 3.8) is 0 Å². The van der Waals surface area contributed by atoms with Gasteiger partial charge in [0.2, 0.25) is 0 Å². The fourth-order valence-electron chi connectivity index (χ4n) is 2.43. The van der Waals surface area contributed by atoms with E-state index >= 15 is 0 Å². The van der Waals surface area contributed by atoms with Crippen LogP contribution in [-0.2, 0) is 12.3 Å². The fraction of sp³-hybridized carbons (Fsp3) is 0.222. The summed E-state index contributed by atoms with van der Waals surface area (Å²) in [5.41, 5.74) is 3.58. The van der Waals surface area contributed by atoms with Crippen molar-refractivity contribution in [3.05, 3.63) is 64.7 Å². The van der Waals surface area contributed by atoms with Crippen molar-refractivity contribution in [2.45, 2.75) is 31.3 Å². The summed E-state index contributed by atoms with van der Waals surface area (Å²) in [5, 5.41) is 10.5. The maximum Gasteiger partial charge on any atom is 0.191 e. The molecule has 23 heavy (non-hydrogen) atoms. The molecule has 0 bridgehead atoms. The topological polar surface area (TPSA) is 30.7 Å². The fourth-order valence-corrected chi connectivity index (χ4v) is 3.52. The van der Waals surface area contributed by atoms with Crippen LogP contribution in [0.15, 0.2) is 53.7 Å². The minimum Gasteiger partial charge on any atom is -0.302 e. The lowest BCUT2D eigenvalue weighted by molar-refractivity contribution is 0.687. The van der Waals surface area contributed by atoms with Gasteiger partial charge in [0.15, 0.2) is 11.0 Å². The molecule has 0 atom stereocenters. The van der Waals surface area contributed by atoms with Gasteiger partial charge in [-0.25, -0.2) is 0 Å². The molecule has 0 spiro atoms. The SMILES string of the molecule is CCn1c(SCc2ccc(Cl)cc2)nnc1-c1ccccc1C. The molecule has 1 aromatic heterocycles. The maximum absolute atomic E-state index is 5.93. The molecule has 3 aromatic rings. The molecule has 0 N–H and O–H groups in total. The van der Waals surface area contributed by atoms with Gasteiger partial charge in [-0.3, -0.25) is 0 Å². The Morgan fingerprint density at radius 2 is 1.78 bits per heavy atom. The average molecular weight is 344 g/mol. The Kier molecular flexibility index (Phi) is 5.03. The van der Waals surface area contributed by atoms with E-state index in [-0.39, 0.29) is 0 Å². The van der Waals surface area contributed by atoms with Crippen LogP contribution in [0, 0.1) is 6.92 Å². The van der Waals surface area contributed by atoms with E-state index in [1.54, 1.807) is 11.8 Å². The molecule has 3 nitrogen and oxygen atoms in total. The quantitative estimate of drug-likeness (QED) is 0.595. The van der Waals surface area contributed by atoms with E-state index in [0.717, 1.165) is 33.9 Å². The van der Waals surface area contributed by atoms with Gasteiger partial charge in [-0.1, -0.05) is 59.8 Å². The highest BCUT2D eigenvalue weighted by Crippen LogP contribution is 2.28. The maximum atomic E-state index is 5.93. The number of hydrogen-bond donors (Lipinski definition) is 0. The number of thioether (sulfide) groups is 1. The first-order chi connectivity index (χ1) is 11.2. The van der Waals surface area contributed by atoms with Crippen LogP contribution in [0.5, 0.6) is 0 Å². The van der Waals surface area contributed by atoms with Crippen molar-refractivity contribution in [3.8, 4) is 11.4 Å². The van der Waals surface area contributed by atoms with Crippen molar-refractivity contribution in [2.24, 2.45) is 0 Å². The predicted octanol–water partition coefficient (Wildman–Crippen LogP) is 5.22. The van der Waals surface area contributed by atoms with Crippen LogP contribution >= 0.6 is 23.4 Å². The molecular formula is C18H18ClN3S. The Morgan fingerprint density at radius 1 is 1.04 bits per heavy atom. The Labute approximate surface area is 145 Å². The summed E-state index contributed by atoms with van der Waals surface area (Å²) in [4.78, 5) is 0. The number of halogens is 1. The number of hydrogen-bond acceptors (Lipinski definition) is 3. The lowest BCUT2D eigenvalue weighted by Gasteiger charge is -2.09. The second kappa shape index (κ2) is 7.20. The van der Waals surface area contributed by atoms with Gasteiger partial charge in [-0.2, -0.15) is 0 Å². The van der Waals surface area contributed by atoms with Crippen molar-refractivity contribution in [1.29, 1.82) is 0 Å². The summed E-state index contributed by atoms with van der Waals surface area (Å²) in [6.07, 6.45) is 0. The second-order valence-corrected chi connectivity index (χ2v) is 6.66. The highest BCUT2D eigenvalue weighted by molar-refractivity contribution is 7.98. The van der Waals surface area contributed by atoms with Gasteiger partial charge in [0.1, 0.15) is 0 Å². The molecule has 0 fully saturated rings. The highest BCUT2D eigenvalue weighted by Gasteiger charge is 2.14. The summed E-state index contributed by atoms with van der Waals surface area (Å²) in [5.74, 6) is 1.78. The number of nitrogens with zero attached hydrogens (tertiary/aromatic N) is 3. The molecule has 2 aromatic carbocycles. The number of aromatic nitrogens is 3. The molecule has 0 aliphatic carbocycles. The van der Waals surface area contributed by atoms with Gasteiger partial charge >= 0.3 is 0 Å². The van der Waals surface area contributed by atoms with E-state index in [4.69, 9.17) is 11.6 Å². The first-order valence-electron chi connectivity index (χ1n) is 7.55. The first-order valence-corrected chi connectivity index (χ1v) is 8.92. The highest BCUT2D eigenvalue weighted by atomic mass is 35.5. The van der Waals surface area contributed by atoms with Crippen LogP contribution in [0.4, 0.5) is 0 Å². The zero-order valence-corrected chi connectivity index (χ0v) is 14.7. The molecule has 3 rings (SSSR count). The second-order valence-electron chi connectivity index (χ2n) is 5.28. The van der Waals surface area contributed by atoms with Gasteiger partial charge < -0.3 is 4.57 Å². The van der Waals surface area contributed by atoms with Crippen molar-refractivity contribution in [2.75, 3.05) is 0 Å². The molecule has 0 unspecified atom stereocenters. The monoisotopic (exact) mass is 343 g/mol. The Balaban J connectivity index is 1.84. The van der Waals surface area contributed by atoms with E-state index in [9.17, 15) is 0 Å². The van der Waals surface area contributed by atoms with Crippen LogP contribution in [0.2, 0.25) is 5.02 Å². The normalized spacial score (nSPS) is 10.9. The molecule has 0 radical (unpaired) electrons. The first kappa shape index (κ1) is 16.1. The number of benzene rings is 2. The third-order valence-electron chi connectivity index (χ3n) is 3.70. The van der Waals surface area contributed by atoms with E-state index in [0.29, 0.717) is 0 Å². The molecule has 0 saturated carbocycles. The summed E-state index contributed by atoms with van der Waals surface area (Å²) >= 11 is 7.63. The van der Waals surface area contributed by atoms with Gasteiger partial charge in [-0.05, 0) is 37.1 Å².